The molecule has 8 heteroatoms. The number of fused-ring (bicyclic) bond motifs is 2. The molecule has 0 bridgehead atoms. The monoisotopic (exact) mass is 428 g/mol. The Labute approximate surface area is 186 Å². The number of H-pyrrole nitrogens is 2. The molecule has 8 nitrogen and oxygen atoms in total. The van der Waals surface area contributed by atoms with E-state index >= 15 is 0 Å². The fourth-order valence-corrected chi connectivity index (χ4v) is 3.42. The van der Waals surface area contributed by atoms with Gasteiger partial charge in [-0.15, -0.1) is 0 Å². The molecule has 0 amide bonds. The van der Waals surface area contributed by atoms with Crippen LogP contribution in [0.1, 0.15) is 50.5 Å². The third-order valence-corrected chi connectivity index (χ3v) is 4.85. The van der Waals surface area contributed by atoms with Gasteiger partial charge in [0.05, 0.1) is 22.1 Å². The van der Waals surface area contributed by atoms with Gasteiger partial charge in [0.25, 0.3) is 0 Å². The third kappa shape index (κ3) is 4.69. The summed E-state index contributed by atoms with van der Waals surface area (Å²) in [5.74, 6) is 2.20. The second kappa shape index (κ2) is 8.66. The topological polar surface area (TPSA) is 129 Å². The summed E-state index contributed by atoms with van der Waals surface area (Å²) in [6.07, 6.45) is 3.75. The molecule has 0 fully saturated rings. The Morgan fingerprint density at radius 1 is 0.750 bits per heavy atom. The van der Waals surface area contributed by atoms with Crippen molar-refractivity contribution in [2.75, 3.05) is 0 Å². The Kier molecular flexibility index (Phi) is 5.77. The van der Waals surface area contributed by atoms with Crippen LogP contribution in [-0.2, 0) is 0 Å². The molecule has 2 aromatic carbocycles. The highest BCUT2D eigenvalue weighted by molar-refractivity contribution is 6.00. The average molecular weight is 429 g/mol. The van der Waals surface area contributed by atoms with Gasteiger partial charge in [-0.25, -0.2) is 9.97 Å². The number of rotatable bonds is 6. The van der Waals surface area contributed by atoms with E-state index in [-0.39, 0.29) is 12.1 Å². The second-order valence-electron chi connectivity index (χ2n) is 8.39. The molecule has 0 aliphatic rings. The van der Waals surface area contributed by atoms with Crippen molar-refractivity contribution in [3.05, 3.63) is 59.2 Å². The van der Waals surface area contributed by atoms with Crippen molar-refractivity contribution in [2.45, 2.75) is 39.8 Å². The highest BCUT2D eigenvalue weighted by Gasteiger charge is 2.08. The third-order valence-electron chi connectivity index (χ3n) is 4.85. The Morgan fingerprint density at radius 2 is 1.16 bits per heavy atom. The number of amidine groups is 2. The minimum Gasteiger partial charge on any atom is -0.368 e. The van der Waals surface area contributed by atoms with Gasteiger partial charge in [0, 0.05) is 23.2 Å². The Balaban J connectivity index is 1.54. The van der Waals surface area contributed by atoms with E-state index in [0.29, 0.717) is 23.3 Å². The average Bonchev–Trinajstić information content (AvgIpc) is 3.33. The summed E-state index contributed by atoms with van der Waals surface area (Å²) in [5, 5.41) is 22.6. The molecule has 0 aliphatic carbocycles. The number of nitrogens with zero attached hydrogens (tertiary/aromatic N) is 2. The van der Waals surface area contributed by atoms with E-state index in [4.69, 9.17) is 10.8 Å². The summed E-state index contributed by atoms with van der Waals surface area (Å²) in [6, 6.07) is 11.9. The molecule has 0 atom stereocenters. The number of imidazole rings is 2. The molecule has 6 N–H and O–H groups in total. The van der Waals surface area contributed by atoms with Crippen LogP contribution in [0.3, 0.4) is 0 Å². The van der Waals surface area contributed by atoms with E-state index < -0.39 is 0 Å². The maximum absolute atomic E-state index is 8.17. The zero-order valence-electron chi connectivity index (χ0n) is 18.7. The first-order valence-electron chi connectivity index (χ1n) is 10.7. The van der Waals surface area contributed by atoms with Crippen LogP contribution in [0.5, 0.6) is 0 Å². The van der Waals surface area contributed by atoms with E-state index in [2.05, 4.69) is 30.6 Å². The Morgan fingerprint density at radius 3 is 1.53 bits per heavy atom. The first-order valence-corrected chi connectivity index (χ1v) is 10.7. The molecule has 0 unspecified atom stereocenters. The summed E-state index contributed by atoms with van der Waals surface area (Å²) in [4.78, 5) is 15.8. The Hall–Kier alpha value is -3.94. The molecular formula is C24H28N8. The molecule has 0 aliphatic heterocycles. The van der Waals surface area contributed by atoms with Gasteiger partial charge in [0.1, 0.15) is 23.3 Å². The van der Waals surface area contributed by atoms with Crippen LogP contribution in [0.15, 0.2) is 36.4 Å². The first-order chi connectivity index (χ1) is 15.3. The summed E-state index contributed by atoms with van der Waals surface area (Å²) >= 11 is 0. The lowest BCUT2D eigenvalue weighted by Crippen LogP contribution is -2.30. The van der Waals surface area contributed by atoms with Crippen LogP contribution in [0.25, 0.3) is 34.2 Å². The van der Waals surface area contributed by atoms with Crippen molar-refractivity contribution in [1.29, 1.82) is 10.8 Å². The number of aromatic nitrogens is 4. The molecule has 0 radical (unpaired) electrons. The summed E-state index contributed by atoms with van der Waals surface area (Å²) in [7, 11) is 0. The lowest BCUT2D eigenvalue weighted by molar-refractivity contribution is 0.730. The van der Waals surface area contributed by atoms with Gasteiger partial charge in [-0.1, -0.05) is 0 Å². The van der Waals surface area contributed by atoms with Crippen LogP contribution in [-0.4, -0.2) is 43.7 Å². The Bertz CT molecular complexity index is 1220. The van der Waals surface area contributed by atoms with E-state index in [9.17, 15) is 0 Å². The second-order valence-corrected chi connectivity index (χ2v) is 8.39. The molecule has 32 heavy (non-hydrogen) atoms. The molecule has 0 spiro atoms. The lowest BCUT2D eigenvalue weighted by atomic mass is 10.1. The van der Waals surface area contributed by atoms with Crippen molar-refractivity contribution in [2.24, 2.45) is 0 Å². The normalized spacial score (nSPS) is 11.8. The maximum Gasteiger partial charge on any atom is 0.131 e. The van der Waals surface area contributed by atoms with E-state index in [0.717, 1.165) is 33.2 Å². The molecule has 4 rings (SSSR count). The molecular weight excluding hydrogens is 400 g/mol. The number of nitrogens with one attached hydrogen (secondary N) is 6. The van der Waals surface area contributed by atoms with Crippen molar-refractivity contribution in [1.82, 2.24) is 30.6 Å². The number of benzene rings is 2. The minimum absolute atomic E-state index is 0.202. The van der Waals surface area contributed by atoms with Crippen LogP contribution in [0.4, 0.5) is 0 Å². The van der Waals surface area contributed by atoms with Crippen LogP contribution >= 0.6 is 0 Å². The molecule has 2 aromatic heterocycles. The van der Waals surface area contributed by atoms with Crippen molar-refractivity contribution >= 4 is 45.9 Å². The van der Waals surface area contributed by atoms with Gasteiger partial charge < -0.3 is 20.6 Å². The molecule has 0 saturated heterocycles. The zero-order chi connectivity index (χ0) is 22.8. The highest BCUT2D eigenvalue weighted by Crippen LogP contribution is 2.17. The van der Waals surface area contributed by atoms with Gasteiger partial charge in [0.15, 0.2) is 0 Å². The quantitative estimate of drug-likeness (QED) is 0.202. The highest BCUT2D eigenvalue weighted by atomic mass is 15.0. The van der Waals surface area contributed by atoms with E-state index in [1.54, 1.807) is 0 Å². The number of hydrogen-bond donors (Lipinski definition) is 6. The van der Waals surface area contributed by atoms with Gasteiger partial charge >= 0.3 is 0 Å². The van der Waals surface area contributed by atoms with Gasteiger partial charge in [-0.05, 0) is 76.2 Å². The van der Waals surface area contributed by atoms with Crippen molar-refractivity contribution in [3.8, 4) is 0 Å². The van der Waals surface area contributed by atoms with Crippen molar-refractivity contribution < 1.29 is 0 Å². The van der Waals surface area contributed by atoms with Gasteiger partial charge in [0.2, 0.25) is 0 Å². The lowest BCUT2D eigenvalue weighted by Gasteiger charge is -2.10. The standard InChI is InChI=1S/C24H28N8/c1-13(2)27-23(25)15-5-7-17-19(11-15)31-21(29-17)9-10-22-30-18-8-6-16(12-20(18)32-22)24(26)28-14(3)4/h5-14H,1-4H3,(H2,25,27)(H2,26,28)(H,29,31)(H,30,32)/b10-9+. The smallest absolute Gasteiger partial charge is 0.131 e. The largest absolute Gasteiger partial charge is 0.368 e. The van der Waals surface area contributed by atoms with Crippen molar-refractivity contribution in [3.63, 3.8) is 0 Å². The number of hydrogen-bond acceptors (Lipinski definition) is 4. The summed E-state index contributed by atoms with van der Waals surface area (Å²) in [5.41, 5.74) is 5.05. The number of aromatic amines is 2. The molecule has 2 heterocycles. The van der Waals surface area contributed by atoms with Crippen LogP contribution < -0.4 is 10.6 Å². The fourth-order valence-electron chi connectivity index (χ4n) is 3.42. The molecule has 164 valence electrons. The maximum atomic E-state index is 8.17. The molecule has 0 saturated carbocycles. The fraction of sp³-hybridized carbons (Fsp3) is 0.250. The summed E-state index contributed by atoms with van der Waals surface area (Å²) < 4.78 is 0. The predicted molar refractivity (Wildman–Crippen MR) is 131 cm³/mol. The minimum atomic E-state index is 0.202. The SMILES string of the molecule is CC(C)NC(=N)c1ccc2[nH]c(/C=C/c3nc4cc(C(=N)NC(C)C)ccc4[nH]3)nc2c1. The van der Waals surface area contributed by atoms with Crippen LogP contribution in [0.2, 0.25) is 0 Å². The van der Waals surface area contributed by atoms with E-state index in [1.165, 1.54) is 0 Å². The van der Waals surface area contributed by atoms with E-state index in [1.807, 2.05) is 76.2 Å². The predicted octanol–water partition coefficient (Wildman–Crippen LogP) is 4.26. The summed E-state index contributed by atoms with van der Waals surface area (Å²) in [6.45, 7) is 8.04. The van der Waals surface area contributed by atoms with Crippen LogP contribution in [0, 0.1) is 10.8 Å². The van der Waals surface area contributed by atoms with Gasteiger partial charge in [-0.3, -0.25) is 10.8 Å². The first kappa shape index (κ1) is 21.3. The van der Waals surface area contributed by atoms with Gasteiger partial charge in [-0.2, -0.15) is 0 Å². The molecule has 4 aromatic rings. The zero-order valence-corrected chi connectivity index (χ0v) is 18.7.